The molecular weight excluding hydrogens is 216 g/mol. The largest absolute Gasteiger partial charge is 0.464 e. The fraction of sp³-hybridized carbons (Fsp3) is 0.462. The number of aromatic nitrogens is 1. The van der Waals surface area contributed by atoms with E-state index in [9.17, 15) is 5.11 Å². The Morgan fingerprint density at radius 2 is 2.29 bits per heavy atom. The number of fused-ring (bicyclic) bond motifs is 1. The quantitative estimate of drug-likeness (QED) is 0.835. The van der Waals surface area contributed by atoms with Crippen LogP contribution < -0.4 is 5.32 Å². The molecule has 17 heavy (non-hydrogen) atoms. The van der Waals surface area contributed by atoms with E-state index in [0.29, 0.717) is 6.54 Å². The van der Waals surface area contributed by atoms with E-state index < -0.39 is 5.60 Å². The van der Waals surface area contributed by atoms with Crippen LogP contribution in [-0.2, 0) is 0 Å². The van der Waals surface area contributed by atoms with Crippen molar-refractivity contribution in [1.82, 2.24) is 4.98 Å². The molecule has 1 atom stereocenters. The molecule has 2 aromatic rings. The van der Waals surface area contributed by atoms with Gasteiger partial charge in [-0.1, -0.05) is 13.3 Å². The Labute approximate surface area is 101 Å². The van der Waals surface area contributed by atoms with Gasteiger partial charge in [0.2, 0.25) is 0 Å². The molecule has 0 aliphatic rings. The van der Waals surface area contributed by atoms with Gasteiger partial charge in [-0.25, -0.2) is 4.98 Å². The monoisotopic (exact) mass is 234 g/mol. The minimum atomic E-state index is -0.706. The fourth-order valence-electron chi connectivity index (χ4n) is 1.94. The van der Waals surface area contributed by atoms with Crippen molar-refractivity contribution < 1.29 is 9.52 Å². The maximum absolute atomic E-state index is 10.1. The summed E-state index contributed by atoms with van der Waals surface area (Å²) in [6.45, 7) is 4.38. The summed E-state index contributed by atoms with van der Waals surface area (Å²) in [4.78, 5) is 4.26. The molecule has 0 saturated carbocycles. The summed E-state index contributed by atoms with van der Waals surface area (Å²) >= 11 is 0. The van der Waals surface area contributed by atoms with Gasteiger partial charge in [0.05, 0.1) is 17.3 Å². The highest BCUT2D eigenvalue weighted by Crippen LogP contribution is 2.22. The summed E-state index contributed by atoms with van der Waals surface area (Å²) in [5.74, 6) is 0.757. The Morgan fingerprint density at radius 3 is 3.06 bits per heavy atom. The Balaban J connectivity index is 2.11. The lowest BCUT2D eigenvalue weighted by molar-refractivity contribution is 0.0636. The molecule has 0 amide bonds. The number of hydrogen-bond acceptors (Lipinski definition) is 4. The van der Waals surface area contributed by atoms with Crippen LogP contribution in [0.25, 0.3) is 11.0 Å². The maximum Gasteiger partial charge on any atom is 0.139 e. The van der Waals surface area contributed by atoms with Crippen LogP contribution in [0.3, 0.4) is 0 Å². The molecule has 0 aliphatic carbocycles. The van der Waals surface area contributed by atoms with Gasteiger partial charge < -0.3 is 14.8 Å². The highest BCUT2D eigenvalue weighted by Gasteiger charge is 2.19. The molecule has 1 unspecified atom stereocenters. The van der Waals surface area contributed by atoms with Crippen LogP contribution >= 0.6 is 0 Å². The second-order valence-corrected chi connectivity index (χ2v) is 4.59. The zero-order chi connectivity index (χ0) is 12.3. The molecule has 0 spiro atoms. The average Bonchev–Trinajstić information content (AvgIpc) is 2.74. The summed E-state index contributed by atoms with van der Waals surface area (Å²) in [6.07, 6.45) is 5.06. The molecule has 4 heteroatoms. The highest BCUT2D eigenvalue weighted by atomic mass is 16.3. The van der Waals surface area contributed by atoms with E-state index in [1.54, 1.807) is 12.5 Å². The summed E-state index contributed by atoms with van der Waals surface area (Å²) in [5, 5.41) is 14.2. The topological polar surface area (TPSA) is 58.3 Å². The molecular formula is C13H18N2O2. The Morgan fingerprint density at radius 1 is 1.47 bits per heavy atom. The molecule has 2 heterocycles. The van der Waals surface area contributed by atoms with Gasteiger partial charge in [0.15, 0.2) is 0 Å². The third-order valence-corrected chi connectivity index (χ3v) is 2.81. The second kappa shape index (κ2) is 4.75. The van der Waals surface area contributed by atoms with Crippen molar-refractivity contribution in [1.29, 1.82) is 0 Å². The van der Waals surface area contributed by atoms with Crippen LogP contribution in [0.4, 0.5) is 5.82 Å². The van der Waals surface area contributed by atoms with Crippen molar-refractivity contribution in [3.8, 4) is 0 Å². The molecule has 0 aliphatic heterocycles. The Hall–Kier alpha value is -1.55. The van der Waals surface area contributed by atoms with Crippen LogP contribution in [-0.4, -0.2) is 22.2 Å². The lowest BCUT2D eigenvalue weighted by atomic mass is 10.0. The first-order valence-corrected chi connectivity index (χ1v) is 5.91. The number of nitrogens with one attached hydrogen (secondary N) is 1. The van der Waals surface area contributed by atoms with E-state index in [-0.39, 0.29) is 0 Å². The summed E-state index contributed by atoms with van der Waals surface area (Å²) in [6, 6.07) is 3.70. The number of aliphatic hydroxyl groups is 1. The number of rotatable bonds is 5. The molecule has 92 valence electrons. The van der Waals surface area contributed by atoms with E-state index in [0.717, 1.165) is 29.6 Å². The van der Waals surface area contributed by atoms with E-state index in [1.807, 2.05) is 19.1 Å². The normalized spacial score (nSPS) is 14.8. The second-order valence-electron chi connectivity index (χ2n) is 4.59. The SMILES string of the molecule is CCCC(C)(O)CNc1nccc2occc12. The number of anilines is 1. The Bertz CT molecular complexity index is 491. The number of nitrogens with zero attached hydrogens (tertiary/aromatic N) is 1. The number of pyridine rings is 1. The first-order valence-electron chi connectivity index (χ1n) is 5.91. The first-order chi connectivity index (χ1) is 8.12. The van der Waals surface area contributed by atoms with E-state index in [1.165, 1.54) is 0 Å². The average molecular weight is 234 g/mol. The van der Waals surface area contributed by atoms with E-state index >= 15 is 0 Å². The molecule has 2 N–H and O–H groups in total. The van der Waals surface area contributed by atoms with Gasteiger partial charge in [-0.05, 0) is 25.5 Å². The number of hydrogen-bond donors (Lipinski definition) is 2. The summed E-state index contributed by atoms with van der Waals surface area (Å²) in [7, 11) is 0. The van der Waals surface area contributed by atoms with Gasteiger partial charge in [0, 0.05) is 12.7 Å². The zero-order valence-corrected chi connectivity index (χ0v) is 10.2. The van der Waals surface area contributed by atoms with Gasteiger partial charge in [-0.2, -0.15) is 0 Å². The fourth-order valence-corrected chi connectivity index (χ4v) is 1.94. The van der Waals surface area contributed by atoms with E-state index in [4.69, 9.17) is 4.42 Å². The molecule has 0 bridgehead atoms. The third-order valence-electron chi connectivity index (χ3n) is 2.81. The van der Waals surface area contributed by atoms with Gasteiger partial charge in [0.25, 0.3) is 0 Å². The Kier molecular flexibility index (Phi) is 3.33. The predicted molar refractivity (Wildman–Crippen MR) is 68.0 cm³/mol. The standard InChI is InChI=1S/C13H18N2O2/c1-3-6-13(2,16)9-15-12-10-5-8-17-11(10)4-7-14-12/h4-5,7-8,16H,3,6,9H2,1-2H3,(H,14,15). The van der Waals surface area contributed by atoms with Crippen molar-refractivity contribution in [2.24, 2.45) is 0 Å². The lowest BCUT2D eigenvalue weighted by Gasteiger charge is -2.23. The van der Waals surface area contributed by atoms with Crippen molar-refractivity contribution >= 4 is 16.8 Å². The summed E-state index contributed by atoms with van der Waals surface area (Å²) in [5.41, 5.74) is 0.0973. The third kappa shape index (κ3) is 2.77. The predicted octanol–water partition coefficient (Wildman–Crippen LogP) is 2.79. The number of furan rings is 1. The molecule has 0 radical (unpaired) electrons. The van der Waals surface area contributed by atoms with Crippen LogP contribution in [0.2, 0.25) is 0 Å². The zero-order valence-electron chi connectivity index (χ0n) is 10.2. The van der Waals surface area contributed by atoms with Crippen LogP contribution in [0.15, 0.2) is 29.0 Å². The van der Waals surface area contributed by atoms with Crippen LogP contribution in [0, 0.1) is 0 Å². The molecule has 4 nitrogen and oxygen atoms in total. The van der Waals surface area contributed by atoms with Crippen LogP contribution in [0.1, 0.15) is 26.7 Å². The molecule has 2 rings (SSSR count). The van der Waals surface area contributed by atoms with Gasteiger partial charge >= 0.3 is 0 Å². The molecule has 0 fully saturated rings. The van der Waals surface area contributed by atoms with E-state index in [2.05, 4.69) is 17.2 Å². The van der Waals surface area contributed by atoms with Crippen molar-refractivity contribution in [3.05, 3.63) is 24.6 Å². The van der Waals surface area contributed by atoms with Crippen molar-refractivity contribution in [2.75, 3.05) is 11.9 Å². The van der Waals surface area contributed by atoms with Gasteiger partial charge in [0.1, 0.15) is 11.4 Å². The minimum absolute atomic E-state index is 0.484. The highest BCUT2D eigenvalue weighted by molar-refractivity contribution is 5.87. The van der Waals surface area contributed by atoms with Gasteiger partial charge in [-0.3, -0.25) is 0 Å². The molecule has 0 aromatic carbocycles. The smallest absolute Gasteiger partial charge is 0.139 e. The van der Waals surface area contributed by atoms with Crippen LogP contribution in [0.5, 0.6) is 0 Å². The van der Waals surface area contributed by atoms with Crippen molar-refractivity contribution in [2.45, 2.75) is 32.3 Å². The maximum atomic E-state index is 10.1. The first kappa shape index (κ1) is 11.9. The molecule has 0 saturated heterocycles. The summed E-state index contributed by atoms with van der Waals surface area (Å²) < 4.78 is 5.30. The lowest BCUT2D eigenvalue weighted by Crippen LogP contribution is -2.33. The molecule has 2 aromatic heterocycles. The van der Waals surface area contributed by atoms with Gasteiger partial charge in [-0.15, -0.1) is 0 Å². The minimum Gasteiger partial charge on any atom is -0.464 e. The van der Waals surface area contributed by atoms with Crippen molar-refractivity contribution in [3.63, 3.8) is 0 Å².